The van der Waals surface area contributed by atoms with Gasteiger partial charge in [-0.15, -0.1) is 10.2 Å². The summed E-state index contributed by atoms with van der Waals surface area (Å²) in [6.07, 6.45) is 3.65. The van der Waals surface area contributed by atoms with Gasteiger partial charge in [0.25, 0.3) is 5.91 Å². The number of benzene rings is 1. The number of amides is 1. The summed E-state index contributed by atoms with van der Waals surface area (Å²) in [6, 6.07) is 11.0. The van der Waals surface area contributed by atoms with Crippen LogP contribution in [0, 0.1) is 0 Å². The molecule has 0 aliphatic carbocycles. The molecule has 1 aromatic carbocycles. The molecule has 0 spiro atoms. The number of aromatic nitrogens is 2. The van der Waals surface area contributed by atoms with Crippen molar-refractivity contribution in [3.8, 4) is 0 Å². The monoisotopic (exact) mass is 360 g/mol. The second-order valence-corrected chi connectivity index (χ2v) is 6.20. The number of carbonyl (C=O) groups is 1. The summed E-state index contributed by atoms with van der Waals surface area (Å²) in [4.78, 5) is 14.4. The van der Waals surface area contributed by atoms with E-state index < -0.39 is 0 Å². The molecule has 1 aliphatic heterocycles. The molecule has 1 amide bonds. The molecule has 114 valence electrons. The van der Waals surface area contributed by atoms with Crippen LogP contribution in [0.4, 0.5) is 11.5 Å². The highest BCUT2D eigenvalue weighted by atomic mass is 79.9. The number of halogens is 1. The molecule has 1 aliphatic rings. The van der Waals surface area contributed by atoms with Crippen LogP contribution in [0.15, 0.2) is 40.9 Å². The fraction of sp³-hybridized carbons (Fsp3) is 0.312. The summed E-state index contributed by atoms with van der Waals surface area (Å²) in [7, 11) is 0. The summed E-state index contributed by atoms with van der Waals surface area (Å²) < 4.78 is 0.969. The van der Waals surface area contributed by atoms with Gasteiger partial charge in [-0.25, -0.2) is 0 Å². The van der Waals surface area contributed by atoms with E-state index in [1.54, 1.807) is 6.07 Å². The molecule has 3 rings (SSSR count). The van der Waals surface area contributed by atoms with Crippen LogP contribution in [0.1, 0.15) is 29.8 Å². The minimum atomic E-state index is -0.250. The molecular weight excluding hydrogens is 344 g/mol. The van der Waals surface area contributed by atoms with E-state index in [-0.39, 0.29) is 5.91 Å². The summed E-state index contributed by atoms with van der Waals surface area (Å²) in [5.41, 5.74) is 1.05. The van der Waals surface area contributed by atoms with Crippen LogP contribution in [0.25, 0.3) is 0 Å². The molecule has 0 unspecified atom stereocenters. The molecular formula is C16H17BrN4O. The minimum Gasteiger partial charge on any atom is -0.355 e. The molecule has 2 heterocycles. The maximum absolute atomic E-state index is 12.1. The van der Waals surface area contributed by atoms with Gasteiger partial charge in [-0.05, 0) is 55.7 Å². The van der Waals surface area contributed by atoms with Crippen LogP contribution in [0.3, 0.4) is 0 Å². The zero-order valence-corrected chi connectivity index (χ0v) is 13.7. The standard InChI is InChI=1S/C16H17BrN4O/c17-12-4-6-13(7-5-12)18-16(22)14-8-9-15(20-19-14)21-10-2-1-3-11-21/h4-9H,1-3,10-11H2,(H,18,22). The van der Waals surface area contributed by atoms with Crippen LogP contribution in [-0.4, -0.2) is 29.2 Å². The maximum Gasteiger partial charge on any atom is 0.276 e. The van der Waals surface area contributed by atoms with Gasteiger partial charge < -0.3 is 10.2 Å². The Balaban J connectivity index is 1.66. The molecule has 0 atom stereocenters. The molecule has 6 heteroatoms. The number of rotatable bonds is 3. The van der Waals surface area contributed by atoms with Crippen molar-refractivity contribution in [1.82, 2.24) is 10.2 Å². The molecule has 5 nitrogen and oxygen atoms in total. The van der Waals surface area contributed by atoms with E-state index in [1.165, 1.54) is 19.3 Å². The highest BCUT2D eigenvalue weighted by Crippen LogP contribution is 2.17. The average molecular weight is 361 g/mol. The second kappa shape index (κ2) is 6.87. The van der Waals surface area contributed by atoms with Crippen molar-refractivity contribution < 1.29 is 4.79 Å². The molecule has 0 radical (unpaired) electrons. The molecule has 1 N–H and O–H groups in total. The van der Waals surface area contributed by atoms with E-state index in [0.29, 0.717) is 5.69 Å². The van der Waals surface area contributed by atoms with Crippen molar-refractivity contribution in [3.05, 3.63) is 46.6 Å². The number of hydrogen-bond acceptors (Lipinski definition) is 4. The Hall–Kier alpha value is -1.95. The molecule has 1 fully saturated rings. The van der Waals surface area contributed by atoms with Gasteiger partial charge in [0.15, 0.2) is 11.5 Å². The number of carbonyl (C=O) groups excluding carboxylic acids is 1. The number of nitrogens with one attached hydrogen (secondary N) is 1. The molecule has 2 aromatic rings. The fourth-order valence-corrected chi connectivity index (χ4v) is 2.73. The number of nitrogens with zero attached hydrogens (tertiary/aromatic N) is 3. The van der Waals surface area contributed by atoms with Crippen LogP contribution in [-0.2, 0) is 0 Å². The van der Waals surface area contributed by atoms with Crippen molar-refractivity contribution in [2.45, 2.75) is 19.3 Å². The summed E-state index contributed by atoms with van der Waals surface area (Å²) in [5.74, 6) is 0.597. The first-order valence-corrected chi connectivity index (χ1v) is 8.17. The van der Waals surface area contributed by atoms with Gasteiger partial charge in [-0.1, -0.05) is 15.9 Å². The maximum atomic E-state index is 12.1. The lowest BCUT2D eigenvalue weighted by Crippen LogP contribution is -2.30. The van der Waals surface area contributed by atoms with E-state index in [1.807, 2.05) is 30.3 Å². The largest absolute Gasteiger partial charge is 0.355 e. The number of piperidine rings is 1. The third-order valence-corrected chi connectivity index (χ3v) is 4.19. The molecule has 1 aromatic heterocycles. The third kappa shape index (κ3) is 3.62. The van der Waals surface area contributed by atoms with Crippen LogP contribution >= 0.6 is 15.9 Å². The van der Waals surface area contributed by atoms with Crippen molar-refractivity contribution in [2.24, 2.45) is 0 Å². The quantitative estimate of drug-likeness (QED) is 0.910. The lowest BCUT2D eigenvalue weighted by Gasteiger charge is -2.27. The van der Waals surface area contributed by atoms with Gasteiger partial charge in [0.1, 0.15) is 0 Å². The van der Waals surface area contributed by atoms with E-state index in [2.05, 4.69) is 36.3 Å². The third-order valence-electron chi connectivity index (χ3n) is 3.67. The first-order valence-electron chi connectivity index (χ1n) is 7.38. The predicted octanol–water partition coefficient (Wildman–Crippen LogP) is 3.48. The average Bonchev–Trinajstić information content (AvgIpc) is 2.58. The van der Waals surface area contributed by atoms with Crippen LogP contribution in [0.2, 0.25) is 0 Å². The molecule has 22 heavy (non-hydrogen) atoms. The van der Waals surface area contributed by atoms with E-state index >= 15 is 0 Å². The normalized spacial score (nSPS) is 14.7. The highest BCUT2D eigenvalue weighted by molar-refractivity contribution is 9.10. The summed E-state index contributed by atoms with van der Waals surface area (Å²) >= 11 is 3.36. The van der Waals surface area contributed by atoms with Crippen molar-refractivity contribution in [3.63, 3.8) is 0 Å². The Morgan fingerprint density at radius 1 is 1.00 bits per heavy atom. The molecule has 0 saturated carbocycles. The lowest BCUT2D eigenvalue weighted by atomic mass is 10.1. The summed E-state index contributed by atoms with van der Waals surface area (Å²) in [5, 5.41) is 11.0. The SMILES string of the molecule is O=C(Nc1ccc(Br)cc1)c1ccc(N2CCCCC2)nn1. The first-order chi connectivity index (χ1) is 10.7. The Labute approximate surface area is 137 Å². The second-order valence-electron chi connectivity index (χ2n) is 5.29. The van der Waals surface area contributed by atoms with E-state index in [4.69, 9.17) is 0 Å². The predicted molar refractivity (Wildman–Crippen MR) is 90.2 cm³/mol. The van der Waals surface area contributed by atoms with Crippen molar-refractivity contribution in [2.75, 3.05) is 23.3 Å². The van der Waals surface area contributed by atoms with Gasteiger partial charge in [-0.3, -0.25) is 4.79 Å². The first kappa shape index (κ1) is 15.0. The molecule has 0 bridgehead atoms. The zero-order valence-electron chi connectivity index (χ0n) is 12.1. The van der Waals surface area contributed by atoms with E-state index in [0.717, 1.165) is 29.1 Å². The van der Waals surface area contributed by atoms with Crippen LogP contribution in [0.5, 0.6) is 0 Å². The Morgan fingerprint density at radius 2 is 1.73 bits per heavy atom. The smallest absolute Gasteiger partial charge is 0.276 e. The highest BCUT2D eigenvalue weighted by Gasteiger charge is 2.14. The Bertz CT molecular complexity index is 636. The molecule has 1 saturated heterocycles. The van der Waals surface area contributed by atoms with Crippen LogP contribution < -0.4 is 10.2 Å². The van der Waals surface area contributed by atoms with Gasteiger partial charge in [0.05, 0.1) is 0 Å². The van der Waals surface area contributed by atoms with Gasteiger partial charge >= 0.3 is 0 Å². The number of hydrogen-bond donors (Lipinski definition) is 1. The van der Waals surface area contributed by atoms with Gasteiger partial charge in [0, 0.05) is 23.2 Å². The zero-order chi connectivity index (χ0) is 15.4. The topological polar surface area (TPSA) is 58.1 Å². The fourth-order valence-electron chi connectivity index (χ4n) is 2.47. The lowest BCUT2D eigenvalue weighted by molar-refractivity contribution is 0.102. The Morgan fingerprint density at radius 3 is 2.36 bits per heavy atom. The summed E-state index contributed by atoms with van der Waals surface area (Å²) in [6.45, 7) is 2.03. The van der Waals surface area contributed by atoms with Gasteiger partial charge in [-0.2, -0.15) is 0 Å². The van der Waals surface area contributed by atoms with Crippen molar-refractivity contribution in [1.29, 1.82) is 0 Å². The van der Waals surface area contributed by atoms with E-state index in [9.17, 15) is 4.79 Å². The minimum absolute atomic E-state index is 0.250. The Kier molecular flexibility index (Phi) is 4.68. The van der Waals surface area contributed by atoms with Gasteiger partial charge in [0.2, 0.25) is 0 Å². The van der Waals surface area contributed by atoms with Crippen molar-refractivity contribution >= 4 is 33.3 Å². The number of anilines is 2.